The zero-order chi connectivity index (χ0) is 13.5. The van der Waals surface area contributed by atoms with Crippen molar-refractivity contribution >= 4 is 22.8 Å². The van der Waals surface area contributed by atoms with Crippen LogP contribution in [0.5, 0.6) is 0 Å². The molecule has 4 nitrogen and oxygen atoms in total. The van der Waals surface area contributed by atoms with Crippen LogP contribution in [0.3, 0.4) is 0 Å². The number of aromatic nitrogens is 1. The number of hydrogen-bond donors (Lipinski definition) is 1. The summed E-state index contributed by atoms with van der Waals surface area (Å²) >= 11 is 0. The van der Waals surface area contributed by atoms with Gasteiger partial charge in [0.15, 0.2) is 5.58 Å². The van der Waals surface area contributed by atoms with Crippen LogP contribution in [0, 0.1) is 5.92 Å². The van der Waals surface area contributed by atoms with Crippen LogP contribution in [0.25, 0.3) is 11.1 Å². The quantitative estimate of drug-likeness (QED) is 0.806. The largest absolute Gasteiger partial charge is 0.423 e. The molecule has 0 amide bonds. The maximum Gasteiger partial charge on any atom is 0.298 e. The Kier molecular flexibility index (Phi) is 2.83. The van der Waals surface area contributed by atoms with E-state index in [4.69, 9.17) is 10.2 Å². The van der Waals surface area contributed by atoms with Crippen LogP contribution in [-0.2, 0) is 0 Å². The van der Waals surface area contributed by atoms with Gasteiger partial charge in [0.1, 0.15) is 5.52 Å². The Morgan fingerprint density at radius 1 is 1.15 bits per heavy atom. The number of nitrogens with zero attached hydrogens (tertiary/aromatic N) is 2. The maximum absolute atomic E-state index is 5.99. The smallest absolute Gasteiger partial charge is 0.298 e. The Morgan fingerprint density at radius 2 is 2.00 bits per heavy atom. The molecule has 1 aliphatic heterocycles. The summed E-state index contributed by atoms with van der Waals surface area (Å²) in [5.74, 6) is 0.824. The number of nitrogens with two attached hydrogens (primary N) is 1. The molecule has 1 aromatic carbocycles. The molecule has 2 fully saturated rings. The molecule has 2 atom stereocenters. The van der Waals surface area contributed by atoms with Crippen molar-refractivity contribution in [3.63, 3.8) is 0 Å². The van der Waals surface area contributed by atoms with Crippen molar-refractivity contribution in [1.82, 2.24) is 4.98 Å². The number of rotatable bonds is 1. The fourth-order valence-corrected chi connectivity index (χ4v) is 3.94. The van der Waals surface area contributed by atoms with Crippen LogP contribution in [-0.4, -0.2) is 17.6 Å². The number of piperidine rings is 1. The van der Waals surface area contributed by atoms with Crippen LogP contribution in [0.2, 0.25) is 0 Å². The lowest BCUT2D eigenvalue weighted by molar-refractivity contribution is 0.235. The van der Waals surface area contributed by atoms with Gasteiger partial charge in [0.2, 0.25) is 0 Å². The first-order valence-corrected chi connectivity index (χ1v) is 7.74. The Bertz CT molecular complexity index is 619. The van der Waals surface area contributed by atoms with Gasteiger partial charge in [-0.2, -0.15) is 4.98 Å². The molecule has 2 heterocycles. The number of benzene rings is 1. The van der Waals surface area contributed by atoms with E-state index in [1.807, 2.05) is 18.2 Å². The molecule has 2 aromatic rings. The Morgan fingerprint density at radius 3 is 2.90 bits per heavy atom. The summed E-state index contributed by atoms with van der Waals surface area (Å²) in [4.78, 5) is 7.06. The zero-order valence-corrected chi connectivity index (χ0v) is 11.7. The predicted octanol–water partition coefficient (Wildman–Crippen LogP) is 3.57. The van der Waals surface area contributed by atoms with Crippen LogP contribution < -0.4 is 10.6 Å². The number of oxazole rings is 1. The average Bonchev–Trinajstić information content (AvgIpc) is 2.92. The van der Waals surface area contributed by atoms with Gasteiger partial charge in [0.25, 0.3) is 6.01 Å². The molecule has 1 saturated heterocycles. The minimum atomic E-state index is 0.617. The molecule has 1 aromatic heterocycles. The molecule has 2 aliphatic rings. The fourth-order valence-electron chi connectivity index (χ4n) is 3.94. The summed E-state index contributed by atoms with van der Waals surface area (Å²) in [5, 5.41) is 0. The third-order valence-electron chi connectivity index (χ3n) is 4.93. The highest BCUT2D eigenvalue weighted by molar-refractivity contribution is 5.86. The lowest BCUT2D eigenvalue weighted by Gasteiger charge is -2.43. The van der Waals surface area contributed by atoms with Crippen molar-refractivity contribution in [2.75, 3.05) is 17.2 Å². The van der Waals surface area contributed by atoms with E-state index >= 15 is 0 Å². The molecular weight excluding hydrogens is 250 g/mol. The molecular formula is C16H21N3O. The third-order valence-corrected chi connectivity index (χ3v) is 4.93. The molecule has 4 heteroatoms. The summed E-state index contributed by atoms with van der Waals surface area (Å²) < 4.78 is 5.97. The van der Waals surface area contributed by atoms with E-state index in [-0.39, 0.29) is 0 Å². The zero-order valence-electron chi connectivity index (χ0n) is 11.7. The lowest BCUT2D eigenvalue weighted by atomic mass is 9.78. The van der Waals surface area contributed by atoms with Gasteiger partial charge in [0.05, 0.1) is 5.69 Å². The topological polar surface area (TPSA) is 55.3 Å². The first kappa shape index (κ1) is 12.1. The minimum Gasteiger partial charge on any atom is -0.423 e. The number of fused-ring (bicyclic) bond motifs is 2. The normalized spacial score (nSPS) is 26.7. The van der Waals surface area contributed by atoms with E-state index < -0.39 is 0 Å². The Balaban J connectivity index is 1.72. The van der Waals surface area contributed by atoms with Crippen molar-refractivity contribution < 1.29 is 4.42 Å². The molecule has 0 bridgehead atoms. The SMILES string of the molecule is Nc1cccc2oc(N3CCC[C@H]4CCCC[C@H]43)nc12. The number of para-hydroxylation sites is 1. The summed E-state index contributed by atoms with van der Waals surface area (Å²) in [5.41, 5.74) is 8.30. The number of anilines is 2. The molecule has 0 radical (unpaired) electrons. The molecule has 2 N–H and O–H groups in total. The molecule has 0 unspecified atom stereocenters. The molecule has 20 heavy (non-hydrogen) atoms. The first-order valence-electron chi connectivity index (χ1n) is 7.74. The second-order valence-electron chi connectivity index (χ2n) is 6.14. The van der Waals surface area contributed by atoms with Crippen molar-refractivity contribution in [2.45, 2.75) is 44.6 Å². The molecule has 106 valence electrons. The highest BCUT2D eigenvalue weighted by atomic mass is 16.4. The fraction of sp³-hybridized carbons (Fsp3) is 0.562. The molecule has 0 spiro atoms. The lowest BCUT2D eigenvalue weighted by Crippen LogP contribution is -2.47. The van der Waals surface area contributed by atoms with Gasteiger partial charge >= 0.3 is 0 Å². The van der Waals surface area contributed by atoms with E-state index in [1.54, 1.807) is 0 Å². The van der Waals surface area contributed by atoms with Crippen LogP contribution in [0.4, 0.5) is 11.7 Å². The van der Waals surface area contributed by atoms with E-state index in [1.165, 1.54) is 38.5 Å². The van der Waals surface area contributed by atoms with Gasteiger partial charge in [0, 0.05) is 12.6 Å². The van der Waals surface area contributed by atoms with E-state index in [2.05, 4.69) is 9.88 Å². The van der Waals surface area contributed by atoms with Gasteiger partial charge in [-0.3, -0.25) is 0 Å². The van der Waals surface area contributed by atoms with Gasteiger partial charge in [-0.1, -0.05) is 18.9 Å². The van der Waals surface area contributed by atoms with Crippen molar-refractivity contribution in [2.24, 2.45) is 5.92 Å². The Hall–Kier alpha value is -1.71. The second-order valence-corrected chi connectivity index (χ2v) is 6.14. The summed E-state index contributed by atoms with van der Waals surface area (Å²) in [7, 11) is 0. The highest BCUT2D eigenvalue weighted by Crippen LogP contribution is 2.38. The first-order chi connectivity index (χ1) is 9.83. The van der Waals surface area contributed by atoms with E-state index in [0.717, 1.165) is 29.6 Å². The van der Waals surface area contributed by atoms with E-state index in [0.29, 0.717) is 11.7 Å². The second kappa shape index (κ2) is 4.69. The van der Waals surface area contributed by atoms with Gasteiger partial charge < -0.3 is 15.1 Å². The van der Waals surface area contributed by atoms with Crippen LogP contribution in [0.15, 0.2) is 22.6 Å². The van der Waals surface area contributed by atoms with Crippen molar-refractivity contribution in [3.8, 4) is 0 Å². The predicted molar refractivity (Wildman–Crippen MR) is 80.7 cm³/mol. The summed E-state index contributed by atoms with van der Waals surface area (Å²) in [6.07, 6.45) is 7.97. The molecule has 4 rings (SSSR count). The van der Waals surface area contributed by atoms with Gasteiger partial charge in [-0.05, 0) is 43.7 Å². The molecule has 1 aliphatic carbocycles. The summed E-state index contributed by atoms with van der Waals surface area (Å²) in [6.45, 7) is 1.06. The monoisotopic (exact) mass is 271 g/mol. The number of hydrogen-bond acceptors (Lipinski definition) is 4. The summed E-state index contributed by atoms with van der Waals surface area (Å²) in [6, 6.07) is 7.15. The Labute approximate surface area is 118 Å². The van der Waals surface area contributed by atoms with Crippen LogP contribution in [0.1, 0.15) is 38.5 Å². The van der Waals surface area contributed by atoms with Crippen molar-refractivity contribution in [3.05, 3.63) is 18.2 Å². The van der Waals surface area contributed by atoms with Gasteiger partial charge in [-0.15, -0.1) is 0 Å². The van der Waals surface area contributed by atoms with E-state index in [9.17, 15) is 0 Å². The standard InChI is InChI=1S/C16H21N3O/c17-12-7-3-9-14-15(12)18-16(20-14)19-10-4-6-11-5-1-2-8-13(11)19/h3,7,9,11,13H,1-2,4-6,8,10,17H2/t11-,13-/m1/s1. The van der Waals surface area contributed by atoms with Crippen molar-refractivity contribution in [1.29, 1.82) is 0 Å². The van der Waals surface area contributed by atoms with Gasteiger partial charge in [-0.25, -0.2) is 0 Å². The highest BCUT2D eigenvalue weighted by Gasteiger charge is 2.35. The number of nitrogen functional groups attached to an aromatic ring is 1. The minimum absolute atomic E-state index is 0.617. The maximum atomic E-state index is 5.99. The molecule has 1 saturated carbocycles. The third kappa shape index (κ3) is 1.86. The average molecular weight is 271 g/mol. The van der Waals surface area contributed by atoms with Crippen LogP contribution >= 0.6 is 0 Å².